The van der Waals surface area contributed by atoms with Gasteiger partial charge in [0.05, 0.1) is 18.2 Å². The molecule has 1 heterocycles. The Morgan fingerprint density at radius 2 is 1.77 bits per heavy atom. The van der Waals surface area contributed by atoms with Crippen LogP contribution in [-0.4, -0.2) is 17.6 Å². The molecule has 1 aromatic heterocycles. The summed E-state index contributed by atoms with van der Waals surface area (Å²) in [5.41, 5.74) is 1.95. The van der Waals surface area contributed by atoms with Crippen LogP contribution >= 0.6 is 0 Å². The zero-order valence-corrected chi connectivity index (χ0v) is 15.2. The second-order valence-corrected chi connectivity index (χ2v) is 5.94. The third-order valence-electron chi connectivity index (χ3n) is 4.45. The van der Waals surface area contributed by atoms with Gasteiger partial charge in [-0.3, -0.25) is 9.59 Å². The number of benzene rings is 2. The summed E-state index contributed by atoms with van der Waals surface area (Å²) >= 11 is 0. The molecule has 5 heteroatoms. The van der Waals surface area contributed by atoms with E-state index in [4.69, 9.17) is 4.74 Å². The van der Waals surface area contributed by atoms with E-state index in [-0.39, 0.29) is 11.3 Å². The number of ether oxygens (including phenoxy) is 1. The van der Waals surface area contributed by atoms with Crippen molar-refractivity contribution in [1.82, 2.24) is 4.57 Å². The van der Waals surface area contributed by atoms with Crippen LogP contribution in [0, 0.1) is 0 Å². The number of nitrogens with one attached hydrogen (secondary N) is 1. The zero-order valence-electron chi connectivity index (χ0n) is 15.2. The number of pyridine rings is 1. The predicted molar refractivity (Wildman–Crippen MR) is 105 cm³/mol. The number of methoxy groups -OCH3 is 1. The highest BCUT2D eigenvalue weighted by atomic mass is 16.5. The maximum atomic E-state index is 13.2. The number of carbonyl (C=O) groups excluding carboxylic acids is 1. The number of amides is 1. The minimum atomic E-state index is -0.128. The predicted octanol–water partition coefficient (Wildman–Crippen LogP) is 4.05. The Morgan fingerprint density at radius 3 is 2.38 bits per heavy atom. The van der Waals surface area contributed by atoms with Crippen LogP contribution < -0.4 is 15.5 Å². The van der Waals surface area contributed by atoms with Gasteiger partial charge in [-0.05, 0) is 36.8 Å². The first-order valence-corrected chi connectivity index (χ1v) is 8.70. The molecular weight excluding hydrogens is 328 g/mol. The summed E-state index contributed by atoms with van der Waals surface area (Å²) in [6.07, 6.45) is 0.340. The number of aryl methyl sites for hydroxylation is 1. The molecule has 0 bridgehead atoms. The van der Waals surface area contributed by atoms with Crippen LogP contribution in [0.5, 0.6) is 5.75 Å². The third kappa shape index (κ3) is 3.08. The Kier molecular flexibility index (Phi) is 5.07. The smallest absolute Gasteiger partial charge is 0.225 e. The van der Waals surface area contributed by atoms with E-state index in [0.29, 0.717) is 35.5 Å². The molecule has 2 aromatic carbocycles. The van der Waals surface area contributed by atoms with E-state index < -0.39 is 0 Å². The van der Waals surface area contributed by atoms with Gasteiger partial charge in [-0.1, -0.05) is 31.2 Å². The van der Waals surface area contributed by atoms with Crippen molar-refractivity contribution in [3.05, 3.63) is 58.8 Å². The molecule has 0 fully saturated rings. The first kappa shape index (κ1) is 17.7. The number of carbonyl (C=O) groups is 1. The van der Waals surface area contributed by atoms with Crippen LogP contribution in [0.15, 0.2) is 53.3 Å². The lowest BCUT2D eigenvalue weighted by molar-refractivity contribution is -0.115. The van der Waals surface area contributed by atoms with E-state index in [0.717, 1.165) is 11.1 Å². The van der Waals surface area contributed by atoms with Crippen molar-refractivity contribution in [3.8, 4) is 16.9 Å². The fourth-order valence-electron chi connectivity index (χ4n) is 3.10. The number of nitrogens with zero attached hydrogens (tertiary/aromatic N) is 1. The minimum absolute atomic E-state index is 0.0955. The second kappa shape index (κ2) is 7.44. The van der Waals surface area contributed by atoms with Crippen molar-refractivity contribution in [3.63, 3.8) is 0 Å². The maximum absolute atomic E-state index is 13.2. The van der Waals surface area contributed by atoms with Gasteiger partial charge in [0.2, 0.25) is 5.91 Å². The number of rotatable bonds is 5. The van der Waals surface area contributed by atoms with Crippen LogP contribution in [0.1, 0.15) is 20.3 Å². The van der Waals surface area contributed by atoms with Crippen LogP contribution in [0.2, 0.25) is 0 Å². The van der Waals surface area contributed by atoms with E-state index >= 15 is 0 Å². The Labute approximate surface area is 152 Å². The Bertz CT molecular complexity index is 1000. The van der Waals surface area contributed by atoms with Crippen molar-refractivity contribution < 1.29 is 9.53 Å². The summed E-state index contributed by atoms with van der Waals surface area (Å²) in [5.74, 6) is 1.12. The summed E-state index contributed by atoms with van der Waals surface area (Å²) in [6.45, 7) is 4.41. The molecule has 0 unspecified atom stereocenters. The molecule has 0 spiro atoms. The molecule has 3 aromatic rings. The molecule has 0 aliphatic rings. The normalized spacial score (nSPS) is 10.7. The molecule has 0 saturated heterocycles. The summed E-state index contributed by atoms with van der Waals surface area (Å²) in [6, 6.07) is 14.8. The van der Waals surface area contributed by atoms with Crippen molar-refractivity contribution in [2.45, 2.75) is 26.8 Å². The van der Waals surface area contributed by atoms with E-state index in [1.165, 1.54) is 0 Å². The molecule has 0 radical (unpaired) electrons. The average molecular weight is 350 g/mol. The minimum Gasteiger partial charge on any atom is -0.497 e. The summed E-state index contributed by atoms with van der Waals surface area (Å²) in [4.78, 5) is 25.4. The Hall–Kier alpha value is -3.08. The molecule has 134 valence electrons. The van der Waals surface area contributed by atoms with E-state index in [2.05, 4.69) is 5.32 Å². The van der Waals surface area contributed by atoms with Gasteiger partial charge in [-0.25, -0.2) is 0 Å². The van der Waals surface area contributed by atoms with Crippen LogP contribution in [0.3, 0.4) is 0 Å². The van der Waals surface area contributed by atoms with E-state index in [9.17, 15) is 9.59 Å². The fourth-order valence-corrected chi connectivity index (χ4v) is 3.10. The van der Waals surface area contributed by atoms with Crippen LogP contribution in [0.4, 0.5) is 5.82 Å². The van der Waals surface area contributed by atoms with Gasteiger partial charge in [-0.15, -0.1) is 0 Å². The summed E-state index contributed by atoms with van der Waals surface area (Å²) < 4.78 is 7.19. The molecule has 0 atom stereocenters. The number of para-hydroxylation sites is 1. The van der Waals surface area contributed by atoms with Gasteiger partial charge >= 0.3 is 0 Å². The highest BCUT2D eigenvalue weighted by Crippen LogP contribution is 2.30. The monoisotopic (exact) mass is 350 g/mol. The number of hydrogen-bond donors (Lipinski definition) is 1. The summed E-state index contributed by atoms with van der Waals surface area (Å²) in [7, 11) is 1.60. The molecular formula is C21H22N2O3. The highest BCUT2D eigenvalue weighted by molar-refractivity contribution is 5.98. The fraction of sp³-hybridized carbons (Fsp3) is 0.238. The van der Waals surface area contributed by atoms with Gasteiger partial charge in [0.25, 0.3) is 0 Å². The number of hydrogen-bond acceptors (Lipinski definition) is 3. The summed E-state index contributed by atoms with van der Waals surface area (Å²) in [5, 5.41) is 3.57. The first-order chi connectivity index (χ1) is 12.6. The topological polar surface area (TPSA) is 60.3 Å². The lowest BCUT2D eigenvalue weighted by atomic mass is 10.0. The quantitative estimate of drug-likeness (QED) is 0.755. The SMILES string of the molecule is CCC(=O)Nc1c(-c2ccc(OC)cc2)c(=O)c2ccccc2n1CC. The standard InChI is InChI=1S/C21H22N2O3/c1-4-18(24)22-21-19(14-10-12-15(26-3)13-11-14)20(25)16-8-6-7-9-17(16)23(21)5-2/h6-13H,4-5H2,1-3H3,(H,22,24). The molecule has 0 aliphatic heterocycles. The molecule has 1 N–H and O–H groups in total. The van der Waals surface area contributed by atoms with Crippen molar-refractivity contribution >= 4 is 22.6 Å². The second-order valence-electron chi connectivity index (χ2n) is 5.94. The Morgan fingerprint density at radius 1 is 1.08 bits per heavy atom. The van der Waals surface area contributed by atoms with Gasteiger partial charge in [0, 0.05) is 18.4 Å². The first-order valence-electron chi connectivity index (χ1n) is 8.70. The van der Waals surface area contributed by atoms with E-state index in [1.807, 2.05) is 60.0 Å². The molecule has 3 rings (SSSR count). The van der Waals surface area contributed by atoms with Crippen molar-refractivity contribution in [1.29, 1.82) is 0 Å². The Balaban J connectivity index is 2.37. The van der Waals surface area contributed by atoms with Crippen molar-refractivity contribution in [2.24, 2.45) is 0 Å². The van der Waals surface area contributed by atoms with Gasteiger partial charge in [0.15, 0.2) is 5.43 Å². The zero-order chi connectivity index (χ0) is 18.7. The van der Waals surface area contributed by atoms with Crippen LogP contribution in [0.25, 0.3) is 22.0 Å². The number of anilines is 1. The van der Waals surface area contributed by atoms with Gasteiger partial charge in [-0.2, -0.15) is 0 Å². The van der Waals surface area contributed by atoms with Crippen LogP contribution in [-0.2, 0) is 11.3 Å². The molecule has 0 saturated carbocycles. The lowest BCUT2D eigenvalue weighted by Crippen LogP contribution is -2.21. The molecule has 5 nitrogen and oxygen atoms in total. The van der Waals surface area contributed by atoms with Gasteiger partial charge in [0.1, 0.15) is 11.6 Å². The van der Waals surface area contributed by atoms with Crippen molar-refractivity contribution in [2.75, 3.05) is 12.4 Å². The molecule has 26 heavy (non-hydrogen) atoms. The maximum Gasteiger partial charge on any atom is 0.225 e. The van der Waals surface area contributed by atoms with Gasteiger partial charge < -0.3 is 14.6 Å². The highest BCUT2D eigenvalue weighted by Gasteiger charge is 2.19. The number of fused-ring (bicyclic) bond motifs is 1. The molecule has 1 amide bonds. The third-order valence-corrected chi connectivity index (χ3v) is 4.45. The largest absolute Gasteiger partial charge is 0.497 e. The number of aromatic nitrogens is 1. The molecule has 0 aliphatic carbocycles. The average Bonchev–Trinajstić information content (AvgIpc) is 2.68. The lowest BCUT2D eigenvalue weighted by Gasteiger charge is -2.20. The van der Waals surface area contributed by atoms with E-state index in [1.54, 1.807) is 14.0 Å².